The van der Waals surface area contributed by atoms with Gasteiger partial charge in [0.2, 0.25) is 0 Å². The average molecular weight is 268 g/mol. The van der Waals surface area contributed by atoms with Crippen molar-refractivity contribution in [2.75, 3.05) is 14.2 Å². The van der Waals surface area contributed by atoms with Gasteiger partial charge >= 0.3 is 0 Å². The number of benzene rings is 1. The molecule has 1 atom stereocenters. The lowest BCUT2D eigenvalue weighted by Gasteiger charge is -2.24. The van der Waals surface area contributed by atoms with E-state index in [0.717, 1.165) is 6.42 Å². The maximum absolute atomic E-state index is 14.2. The summed E-state index contributed by atoms with van der Waals surface area (Å²) in [5.74, 6) is 0.450. The van der Waals surface area contributed by atoms with Crippen molar-refractivity contribution in [3.63, 3.8) is 0 Å². The minimum absolute atomic E-state index is 0.0247. The Morgan fingerprint density at radius 2 is 2.00 bits per heavy atom. The molecule has 0 saturated carbocycles. The number of halogens is 1. The van der Waals surface area contributed by atoms with Gasteiger partial charge in [0.1, 0.15) is 5.82 Å². The first-order valence-corrected chi connectivity index (χ1v) is 6.51. The summed E-state index contributed by atoms with van der Waals surface area (Å²) in [4.78, 5) is 0. The SMILES string of the molecule is COc1cc(F)c2c(c1OC)C(O)CC(C)(C)CC2. The first-order chi connectivity index (χ1) is 8.89. The van der Waals surface area contributed by atoms with Crippen LogP contribution in [0.15, 0.2) is 6.07 Å². The highest BCUT2D eigenvalue weighted by Crippen LogP contribution is 2.46. The molecule has 0 aromatic heterocycles. The number of methoxy groups -OCH3 is 2. The molecule has 1 aliphatic rings. The van der Waals surface area contributed by atoms with Gasteiger partial charge in [0.05, 0.1) is 20.3 Å². The first kappa shape index (κ1) is 14.1. The molecule has 106 valence electrons. The molecule has 0 fully saturated rings. The van der Waals surface area contributed by atoms with E-state index in [1.54, 1.807) is 0 Å². The molecular weight excluding hydrogens is 247 g/mol. The van der Waals surface area contributed by atoms with E-state index in [-0.39, 0.29) is 11.2 Å². The molecule has 2 rings (SSSR count). The molecule has 0 amide bonds. The minimum atomic E-state index is -0.730. The van der Waals surface area contributed by atoms with Gasteiger partial charge in [-0.3, -0.25) is 0 Å². The Kier molecular flexibility index (Phi) is 3.72. The summed E-state index contributed by atoms with van der Waals surface area (Å²) in [6.45, 7) is 4.17. The van der Waals surface area contributed by atoms with Crippen LogP contribution in [0.1, 0.15) is 43.9 Å². The number of aliphatic hydroxyl groups is 1. The summed E-state index contributed by atoms with van der Waals surface area (Å²) >= 11 is 0. The highest BCUT2D eigenvalue weighted by molar-refractivity contribution is 5.53. The zero-order valence-electron chi connectivity index (χ0n) is 11.9. The lowest BCUT2D eigenvalue weighted by atomic mass is 9.84. The topological polar surface area (TPSA) is 38.7 Å². The maximum Gasteiger partial charge on any atom is 0.166 e. The van der Waals surface area contributed by atoms with Gasteiger partial charge < -0.3 is 14.6 Å². The second-order valence-electron chi connectivity index (χ2n) is 5.87. The lowest BCUT2D eigenvalue weighted by Crippen LogP contribution is -2.14. The third-order valence-corrected chi connectivity index (χ3v) is 3.89. The summed E-state index contributed by atoms with van der Waals surface area (Å²) in [6.07, 6.45) is 1.30. The van der Waals surface area contributed by atoms with Crippen molar-refractivity contribution in [3.05, 3.63) is 23.0 Å². The molecule has 1 aliphatic carbocycles. The Morgan fingerprint density at radius 1 is 1.32 bits per heavy atom. The van der Waals surface area contributed by atoms with Crippen LogP contribution in [-0.4, -0.2) is 19.3 Å². The number of rotatable bonds is 2. The van der Waals surface area contributed by atoms with Crippen LogP contribution in [0.2, 0.25) is 0 Å². The molecule has 0 radical (unpaired) electrons. The summed E-state index contributed by atoms with van der Waals surface area (Å²) in [7, 11) is 2.98. The van der Waals surface area contributed by atoms with Crippen molar-refractivity contribution in [1.29, 1.82) is 0 Å². The van der Waals surface area contributed by atoms with Crippen LogP contribution in [-0.2, 0) is 6.42 Å². The normalized spacial score (nSPS) is 21.5. The quantitative estimate of drug-likeness (QED) is 0.837. The minimum Gasteiger partial charge on any atom is -0.493 e. The molecule has 4 heteroatoms. The second kappa shape index (κ2) is 5.00. The van der Waals surface area contributed by atoms with Crippen molar-refractivity contribution >= 4 is 0 Å². The largest absolute Gasteiger partial charge is 0.493 e. The van der Waals surface area contributed by atoms with Gasteiger partial charge in [-0.05, 0) is 30.2 Å². The monoisotopic (exact) mass is 268 g/mol. The average Bonchev–Trinajstić information content (AvgIpc) is 2.46. The fraction of sp³-hybridized carbons (Fsp3) is 0.600. The fourth-order valence-corrected chi connectivity index (χ4v) is 2.83. The molecular formula is C15H21FO3. The van der Waals surface area contributed by atoms with Gasteiger partial charge in [0.25, 0.3) is 0 Å². The standard InChI is InChI=1S/C15H21FO3/c1-15(2)6-5-9-10(16)7-12(18-3)14(19-4)13(9)11(17)8-15/h7,11,17H,5-6,8H2,1-4H3. The predicted octanol–water partition coefficient (Wildman–Crippen LogP) is 3.24. The molecule has 0 heterocycles. The summed E-state index contributed by atoms with van der Waals surface area (Å²) in [6, 6.07) is 1.34. The van der Waals surface area contributed by atoms with Crippen molar-refractivity contribution in [2.24, 2.45) is 5.41 Å². The first-order valence-electron chi connectivity index (χ1n) is 6.51. The third-order valence-electron chi connectivity index (χ3n) is 3.89. The highest BCUT2D eigenvalue weighted by Gasteiger charge is 2.33. The Morgan fingerprint density at radius 3 is 2.58 bits per heavy atom. The van der Waals surface area contributed by atoms with Crippen LogP contribution < -0.4 is 9.47 Å². The van der Waals surface area contributed by atoms with E-state index < -0.39 is 6.10 Å². The number of aliphatic hydroxyl groups excluding tert-OH is 1. The fourth-order valence-electron chi connectivity index (χ4n) is 2.83. The van der Waals surface area contributed by atoms with Crippen LogP contribution in [0.4, 0.5) is 4.39 Å². The molecule has 0 aliphatic heterocycles. The van der Waals surface area contributed by atoms with Crippen LogP contribution >= 0.6 is 0 Å². The molecule has 19 heavy (non-hydrogen) atoms. The van der Waals surface area contributed by atoms with E-state index >= 15 is 0 Å². The number of ether oxygens (including phenoxy) is 2. The summed E-state index contributed by atoms with van der Waals surface area (Å²) < 4.78 is 24.7. The van der Waals surface area contributed by atoms with E-state index in [1.165, 1.54) is 20.3 Å². The van der Waals surface area contributed by atoms with Crippen LogP contribution in [0.3, 0.4) is 0 Å². The highest BCUT2D eigenvalue weighted by atomic mass is 19.1. The van der Waals surface area contributed by atoms with Crippen LogP contribution in [0.5, 0.6) is 11.5 Å². The lowest BCUT2D eigenvalue weighted by molar-refractivity contribution is 0.113. The van der Waals surface area contributed by atoms with E-state index in [2.05, 4.69) is 13.8 Å². The van der Waals surface area contributed by atoms with Crippen LogP contribution in [0.25, 0.3) is 0 Å². The molecule has 3 nitrogen and oxygen atoms in total. The molecule has 1 N–H and O–H groups in total. The molecule has 0 spiro atoms. The van der Waals surface area contributed by atoms with Gasteiger partial charge in [0.15, 0.2) is 11.5 Å². The molecule has 0 bridgehead atoms. The number of hydrogen-bond acceptors (Lipinski definition) is 3. The van der Waals surface area contributed by atoms with Gasteiger partial charge in [-0.25, -0.2) is 4.39 Å². The third kappa shape index (κ3) is 2.54. The number of hydrogen-bond donors (Lipinski definition) is 1. The van der Waals surface area contributed by atoms with Crippen molar-refractivity contribution in [2.45, 2.75) is 39.2 Å². The Hall–Kier alpha value is -1.29. The maximum atomic E-state index is 14.2. The summed E-state index contributed by atoms with van der Waals surface area (Å²) in [5, 5.41) is 10.4. The van der Waals surface area contributed by atoms with E-state index in [4.69, 9.17) is 9.47 Å². The van der Waals surface area contributed by atoms with Gasteiger partial charge in [-0.2, -0.15) is 0 Å². The molecule has 1 unspecified atom stereocenters. The smallest absolute Gasteiger partial charge is 0.166 e. The molecule has 1 aromatic carbocycles. The summed E-state index contributed by atoms with van der Waals surface area (Å²) in [5.41, 5.74) is 1.07. The zero-order valence-corrected chi connectivity index (χ0v) is 11.9. The predicted molar refractivity (Wildman–Crippen MR) is 71.2 cm³/mol. The van der Waals surface area contributed by atoms with Crippen molar-refractivity contribution < 1.29 is 19.0 Å². The van der Waals surface area contributed by atoms with Gasteiger partial charge in [-0.15, -0.1) is 0 Å². The Balaban J connectivity index is 2.62. The van der Waals surface area contributed by atoms with Gasteiger partial charge in [-0.1, -0.05) is 13.8 Å². The van der Waals surface area contributed by atoms with E-state index in [9.17, 15) is 9.50 Å². The van der Waals surface area contributed by atoms with Crippen LogP contribution in [0, 0.1) is 11.2 Å². The van der Waals surface area contributed by atoms with Gasteiger partial charge in [0, 0.05) is 11.6 Å². The Bertz CT molecular complexity index is 483. The van der Waals surface area contributed by atoms with E-state index in [0.29, 0.717) is 35.5 Å². The molecule has 1 aromatic rings. The van der Waals surface area contributed by atoms with Crippen molar-refractivity contribution in [3.8, 4) is 11.5 Å². The zero-order chi connectivity index (χ0) is 14.2. The van der Waals surface area contributed by atoms with E-state index in [1.807, 2.05) is 0 Å². The second-order valence-corrected chi connectivity index (χ2v) is 5.87. The van der Waals surface area contributed by atoms with Crippen molar-refractivity contribution in [1.82, 2.24) is 0 Å². The Labute approximate surface area is 113 Å². The number of fused-ring (bicyclic) bond motifs is 1. The molecule has 0 saturated heterocycles.